The minimum Gasteiger partial charge on any atom is -0.494 e. The summed E-state index contributed by atoms with van der Waals surface area (Å²) in [5, 5.41) is 25.8. The normalized spacial score (nSPS) is 23.8. The lowest BCUT2D eigenvalue weighted by Gasteiger charge is -2.39. The zero-order valence-electron chi connectivity index (χ0n) is 19.8. The molecule has 4 atom stereocenters. The van der Waals surface area contributed by atoms with E-state index >= 15 is 0 Å². The first-order chi connectivity index (χ1) is 17.0. The predicted octanol–water partition coefficient (Wildman–Crippen LogP) is 0.509. The van der Waals surface area contributed by atoms with E-state index in [1.165, 1.54) is 5.01 Å². The van der Waals surface area contributed by atoms with Crippen molar-refractivity contribution >= 4 is 17.4 Å². The number of amides is 1. The highest BCUT2D eigenvalue weighted by atomic mass is 16.5. The van der Waals surface area contributed by atoms with Crippen LogP contribution in [0.1, 0.15) is 12.0 Å². The number of carbonyl (C=O) groups excluding carboxylic acids is 1. The Labute approximate surface area is 202 Å². The summed E-state index contributed by atoms with van der Waals surface area (Å²) in [6.07, 6.45) is 3.42. The number of benzene rings is 1. The molecule has 2 saturated heterocycles. The second kappa shape index (κ2) is 9.49. The third kappa shape index (κ3) is 4.50. The number of para-hydroxylation sites is 1. The van der Waals surface area contributed by atoms with Crippen LogP contribution in [0.2, 0.25) is 0 Å². The van der Waals surface area contributed by atoms with Gasteiger partial charge in [-0.15, -0.1) is 0 Å². The van der Waals surface area contributed by atoms with Crippen molar-refractivity contribution in [2.24, 2.45) is 13.0 Å². The van der Waals surface area contributed by atoms with Crippen LogP contribution in [0.15, 0.2) is 42.9 Å². The number of aliphatic hydroxyl groups excluding tert-OH is 1. The number of methoxy groups -OCH3 is 1. The Balaban J connectivity index is 1.43. The Bertz CT molecular complexity index is 1220. The Kier molecular flexibility index (Phi) is 6.24. The number of anilines is 2. The Morgan fingerprint density at radius 3 is 2.83 bits per heavy atom. The van der Waals surface area contributed by atoms with Gasteiger partial charge < -0.3 is 20.5 Å². The molecule has 0 aliphatic carbocycles. The number of hydrazine groups is 1. The first-order valence-electron chi connectivity index (χ1n) is 11.4. The Morgan fingerprint density at radius 2 is 2.09 bits per heavy atom. The number of fused-ring (bicyclic) bond motifs is 1. The molecular weight excluding hydrogens is 450 g/mol. The fourth-order valence-electron chi connectivity index (χ4n) is 4.74. The largest absolute Gasteiger partial charge is 0.494 e. The third-order valence-electron chi connectivity index (χ3n) is 6.34. The second-order valence-electron chi connectivity index (χ2n) is 8.72. The van der Waals surface area contributed by atoms with Crippen molar-refractivity contribution in [3.8, 4) is 17.1 Å². The molecule has 0 spiro atoms. The van der Waals surface area contributed by atoms with Crippen molar-refractivity contribution in [1.82, 2.24) is 35.5 Å². The molecule has 3 aromatic rings. The highest BCUT2D eigenvalue weighted by Gasteiger charge is 2.48. The van der Waals surface area contributed by atoms with E-state index in [0.29, 0.717) is 23.8 Å². The van der Waals surface area contributed by atoms with Crippen LogP contribution in [0.25, 0.3) is 11.4 Å². The maximum Gasteiger partial charge on any atom is 0.244 e. The van der Waals surface area contributed by atoms with Crippen LogP contribution in [0.5, 0.6) is 5.75 Å². The van der Waals surface area contributed by atoms with Gasteiger partial charge in [0.1, 0.15) is 12.1 Å². The van der Waals surface area contributed by atoms with Crippen molar-refractivity contribution in [3.05, 3.63) is 48.4 Å². The van der Waals surface area contributed by atoms with Crippen LogP contribution in [0, 0.1) is 5.92 Å². The molecule has 0 saturated carbocycles. The molecule has 12 nitrogen and oxygen atoms in total. The molecule has 1 amide bonds. The maximum atomic E-state index is 13.0. The summed E-state index contributed by atoms with van der Waals surface area (Å²) in [4.78, 5) is 21.7. The minimum absolute atomic E-state index is 0.000340. The number of hydrogen-bond donors (Lipinski definition) is 5. The van der Waals surface area contributed by atoms with Crippen LogP contribution in [0.3, 0.4) is 0 Å². The lowest BCUT2D eigenvalue weighted by Crippen LogP contribution is -2.60. The molecule has 2 aromatic heterocycles. The lowest BCUT2D eigenvalue weighted by atomic mass is 9.88. The standard InChI is InChI=1S/C23H29N9O3/c1-31-12-25-21(29-31)14-5-4-6-15(20(14)35-3)26-16-10-18(27-17-9-13(11-33)7-8-24-17)28-22-19(16)23(34)32(2)30-22/h4-9,12,16,18-19,22,26,28,30,33H,10-11H2,1-3H3,(H,24,27). The summed E-state index contributed by atoms with van der Waals surface area (Å²) >= 11 is 0. The van der Waals surface area contributed by atoms with Crippen LogP contribution >= 0.6 is 0 Å². The molecule has 2 aliphatic rings. The molecule has 0 bridgehead atoms. The predicted molar refractivity (Wildman–Crippen MR) is 129 cm³/mol. The molecule has 5 rings (SSSR count). The van der Waals surface area contributed by atoms with Gasteiger partial charge in [0.15, 0.2) is 11.6 Å². The van der Waals surface area contributed by atoms with Crippen LogP contribution in [0.4, 0.5) is 11.5 Å². The molecule has 5 N–H and O–H groups in total. The average Bonchev–Trinajstić information content (AvgIpc) is 3.41. The number of pyridine rings is 1. The summed E-state index contributed by atoms with van der Waals surface area (Å²) in [6, 6.07) is 9.10. The number of ether oxygens (including phenoxy) is 1. The molecule has 4 heterocycles. The van der Waals surface area contributed by atoms with Gasteiger partial charge in [0, 0.05) is 32.8 Å². The second-order valence-corrected chi connectivity index (χ2v) is 8.72. The van der Waals surface area contributed by atoms with E-state index in [1.807, 2.05) is 31.3 Å². The van der Waals surface area contributed by atoms with Crippen molar-refractivity contribution in [2.45, 2.75) is 31.4 Å². The number of nitrogens with zero attached hydrogens (tertiary/aromatic N) is 5. The van der Waals surface area contributed by atoms with E-state index in [1.54, 1.807) is 37.4 Å². The molecule has 4 unspecified atom stereocenters. The van der Waals surface area contributed by atoms with Gasteiger partial charge in [-0.3, -0.25) is 19.8 Å². The highest BCUT2D eigenvalue weighted by molar-refractivity contribution is 5.83. The van der Waals surface area contributed by atoms with Crippen LogP contribution < -0.4 is 26.1 Å². The number of aliphatic hydroxyl groups is 1. The lowest BCUT2D eigenvalue weighted by molar-refractivity contribution is -0.131. The zero-order chi connectivity index (χ0) is 24.5. The Hall–Kier alpha value is -3.74. The van der Waals surface area contributed by atoms with Gasteiger partial charge in [-0.1, -0.05) is 6.07 Å². The number of nitrogens with one attached hydrogen (secondary N) is 4. The van der Waals surface area contributed by atoms with Gasteiger partial charge in [0.05, 0.1) is 43.2 Å². The quantitative estimate of drug-likeness (QED) is 0.325. The SMILES string of the molecule is COc1c(NC2CC(Nc3cc(CO)ccn3)NC3NN(C)C(=O)C23)cccc1-c1ncn(C)n1. The summed E-state index contributed by atoms with van der Waals surface area (Å²) in [5.41, 5.74) is 5.49. The summed E-state index contributed by atoms with van der Waals surface area (Å²) in [6.45, 7) is -0.0632. The van der Waals surface area contributed by atoms with Gasteiger partial charge in [0.2, 0.25) is 5.91 Å². The van der Waals surface area contributed by atoms with Gasteiger partial charge in [0.25, 0.3) is 0 Å². The number of carbonyl (C=O) groups is 1. The van der Waals surface area contributed by atoms with Gasteiger partial charge >= 0.3 is 0 Å². The number of aryl methyl sites for hydroxylation is 1. The highest BCUT2D eigenvalue weighted by Crippen LogP contribution is 2.37. The number of rotatable bonds is 7. The summed E-state index contributed by atoms with van der Waals surface area (Å²) in [5.74, 6) is 1.48. The van der Waals surface area contributed by atoms with Gasteiger partial charge in [-0.05, 0) is 29.8 Å². The fourth-order valence-corrected chi connectivity index (χ4v) is 4.74. The number of piperidine rings is 1. The monoisotopic (exact) mass is 479 g/mol. The number of aromatic nitrogens is 4. The molecular formula is C23H29N9O3. The fraction of sp³-hybridized carbons (Fsp3) is 0.391. The molecule has 2 aliphatic heterocycles. The van der Waals surface area contributed by atoms with Crippen molar-refractivity contribution in [3.63, 3.8) is 0 Å². The topological polar surface area (TPSA) is 141 Å². The third-order valence-corrected chi connectivity index (χ3v) is 6.34. The number of hydrogen-bond acceptors (Lipinski definition) is 10. The van der Waals surface area contributed by atoms with E-state index in [2.05, 4.69) is 36.4 Å². The smallest absolute Gasteiger partial charge is 0.244 e. The first-order valence-corrected chi connectivity index (χ1v) is 11.4. The van der Waals surface area contributed by atoms with Crippen molar-refractivity contribution < 1.29 is 14.6 Å². The van der Waals surface area contributed by atoms with E-state index < -0.39 is 0 Å². The minimum atomic E-state index is -0.337. The van der Waals surface area contributed by atoms with E-state index in [0.717, 1.165) is 16.8 Å². The van der Waals surface area contributed by atoms with Crippen LogP contribution in [-0.4, -0.2) is 68.3 Å². The van der Waals surface area contributed by atoms with Gasteiger partial charge in [-0.2, -0.15) is 5.10 Å². The molecule has 35 heavy (non-hydrogen) atoms. The average molecular weight is 480 g/mol. The van der Waals surface area contributed by atoms with Crippen LogP contribution in [-0.2, 0) is 18.4 Å². The first kappa shape index (κ1) is 23.0. The van der Waals surface area contributed by atoms with E-state index in [-0.39, 0.29) is 36.8 Å². The molecule has 1 aromatic carbocycles. The molecule has 184 valence electrons. The van der Waals surface area contributed by atoms with E-state index in [4.69, 9.17) is 4.74 Å². The summed E-state index contributed by atoms with van der Waals surface area (Å²) in [7, 11) is 5.15. The summed E-state index contributed by atoms with van der Waals surface area (Å²) < 4.78 is 7.40. The zero-order valence-corrected chi connectivity index (χ0v) is 19.8. The Morgan fingerprint density at radius 1 is 1.23 bits per heavy atom. The van der Waals surface area contributed by atoms with Gasteiger partial charge in [-0.25, -0.2) is 15.4 Å². The molecule has 0 radical (unpaired) electrons. The van der Waals surface area contributed by atoms with Crippen molar-refractivity contribution in [2.75, 3.05) is 24.8 Å². The van der Waals surface area contributed by atoms with Crippen molar-refractivity contribution in [1.29, 1.82) is 0 Å². The van der Waals surface area contributed by atoms with E-state index in [9.17, 15) is 9.90 Å². The molecule has 2 fully saturated rings. The molecule has 12 heteroatoms. The maximum absolute atomic E-state index is 13.0.